The number of nitrogens with zero attached hydrogens (tertiary/aromatic N) is 2. The van der Waals surface area contributed by atoms with Crippen LogP contribution < -0.4 is 10.1 Å². The Morgan fingerprint density at radius 1 is 1.40 bits per heavy atom. The van der Waals surface area contributed by atoms with Gasteiger partial charge in [-0.3, -0.25) is 0 Å². The summed E-state index contributed by atoms with van der Waals surface area (Å²) in [6, 6.07) is 6.39. The summed E-state index contributed by atoms with van der Waals surface area (Å²) in [7, 11) is 1.71. The van der Waals surface area contributed by atoms with Gasteiger partial charge in [-0.2, -0.15) is 15.4 Å². The highest BCUT2D eigenvalue weighted by Gasteiger charge is 2.16. The van der Waals surface area contributed by atoms with Crippen LogP contribution in [0.1, 0.15) is 36.2 Å². The molecule has 0 fully saturated rings. The topological polar surface area (TPSA) is 62.8 Å². The van der Waals surface area contributed by atoms with Gasteiger partial charge in [0.15, 0.2) is 0 Å². The highest BCUT2D eigenvalue weighted by molar-refractivity contribution is 5.37. The molecular formula is C15H22N4O. The van der Waals surface area contributed by atoms with E-state index < -0.39 is 0 Å². The summed E-state index contributed by atoms with van der Waals surface area (Å²) in [4.78, 5) is 0. The molecule has 0 aliphatic rings. The van der Waals surface area contributed by atoms with Crippen LogP contribution in [0, 0.1) is 6.92 Å². The molecule has 0 saturated carbocycles. The summed E-state index contributed by atoms with van der Waals surface area (Å²) < 4.78 is 5.45. The van der Waals surface area contributed by atoms with Crippen LogP contribution in [0.25, 0.3) is 0 Å². The molecule has 108 valence electrons. The number of aromatic amines is 1. The monoisotopic (exact) mass is 274 g/mol. The van der Waals surface area contributed by atoms with Crippen molar-refractivity contribution in [3.8, 4) is 5.75 Å². The third-order valence-corrected chi connectivity index (χ3v) is 3.29. The van der Waals surface area contributed by atoms with E-state index >= 15 is 0 Å². The number of hydrogen-bond acceptors (Lipinski definition) is 4. The molecule has 0 aliphatic heterocycles. The summed E-state index contributed by atoms with van der Waals surface area (Å²) >= 11 is 0. The van der Waals surface area contributed by atoms with Crippen LogP contribution in [-0.4, -0.2) is 29.1 Å². The molecular weight excluding hydrogens is 252 g/mol. The molecule has 20 heavy (non-hydrogen) atoms. The van der Waals surface area contributed by atoms with E-state index in [9.17, 15) is 0 Å². The number of aromatic nitrogens is 3. The van der Waals surface area contributed by atoms with Crippen molar-refractivity contribution in [1.82, 2.24) is 20.7 Å². The lowest BCUT2D eigenvalue weighted by Crippen LogP contribution is -2.24. The number of ether oxygens (including phenoxy) is 1. The Labute approximate surface area is 119 Å². The molecule has 0 amide bonds. The van der Waals surface area contributed by atoms with Gasteiger partial charge >= 0.3 is 0 Å². The summed E-state index contributed by atoms with van der Waals surface area (Å²) in [5.41, 5.74) is 3.35. The molecule has 1 unspecified atom stereocenters. The van der Waals surface area contributed by atoms with Crippen molar-refractivity contribution < 1.29 is 4.74 Å². The second kappa shape index (κ2) is 7.05. The molecule has 2 rings (SSSR count). The van der Waals surface area contributed by atoms with E-state index in [1.807, 2.05) is 6.07 Å². The first-order valence-corrected chi connectivity index (χ1v) is 6.97. The minimum atomic E-state index is 0.143. The van der Waals surface area contributed by atoms with E-state index in [2.05, 4.69) is 46.7 Å². The van der Waals surface area contributed by atoms with E-state index in [4.69, 9.17) is 4.74 Å². The van der Waals surface area contributed by atoms with Gasteiger partial charge in [0.1, 0.15) is 5.75 Å². The number of aryl methyl sites for hydroxylation is 1. The molecule has 2 aromatic rings. The summed E-state index contributed by atoms with van der Waals surface area (Å²) in [6.07, 6.45) is 3.69. The average molecular weight is 274 g/mol. The Kier molecular flexibility index (Phi) is 5.12. The molecule has 0 radical (unpaired) electrons. The Morgan fingerprint density at radius 3 is 2.90 bits per heavy atom. The Morgan fingerprint density at radius 2 is 2.25 bits per heavy atom. The largest absolute Gasteiger partial charge is 0.496 e. The molecule has 0 bridgehead atoms. The molecule has 5 nitrogen and oxygen atoms in total. The van der Waals surface area contributed by atoms with Gasteiger partial charge in [0.05, 0.1) is 25.0 Å². The van der Waals surface area contributed by atoms with Crippen LogP contribution in [0.15, 0.2) is 24.4 Å². The fraction of sp³-hybridized carbons (Fsp3) is 0.467. The Balaban J connectivity index is 2.21. The normalized spacial score (nSPS) is 12.3. The van der Waals surface area contributed by atoms with Gasteiger partial charge in [0.25, 0.3) is 0 Å². The quantitative estimate of drug-likeness (QED) is 0.814. The first kappa shape index (κ1) is 14.5. The zero-order valence-electron chi connectivity index (χ0n) is 12.3. The van der Waals surface area contributed by atoms with Gasteiger partial charge in [-0.25, -0.2) is 0 Å². The molecule has 5 heteroatoms. The molecule has 0 saturated heterocycles. The zero-order valence-corrected chi connectivity index (χ0v) is 12.3. The van der Waals surface area contributed by atoms with E-state index in [1.54, 1.807) is 13.3 Å². The average Bonchev–Trinajstić information content (AvgIpc) is 2.97. The van der Waals surface area contributed by atoms with Crippen molar-refractivity contribution >= 4 is 0 Å². The van der Waals surface area contributed by atoms with Crippen molar-refractivity contribution in [2.45, 2.75) is 32.7 Å². The standard InChI is InChI=1S/C15H22N4O/c1-4-7-16-13(14-10-17-19-18-14)9-12-8-11(2)5-6-15(12)20-3/h5-6,8,10,13,16H,4,7,9H2,1-3H3,(H,17,18,19). The van der Waals surface area contributed by atoms with Crippen LogP contribution in [0.4, 0.5) is 0 Å². The third kappa shape index (κ3) is 3.57. The van der Waals surface area contributed by atoms with Crippen LogP contribution in [0.5, 0.6) is 5.75 Å². The van der Waals surface area contributed by atoms with Crippen molar-refractivity contribution in [3.05, 3.63) is 41.2 Å². The molecule has 2 N–H and O–H groups in total. The molecule has 1 heterocycles. The zero-order chi connectivity index (χ0) is 14.4. The highest BCUT2D eigenvalue weighted by Crippen LogP contribution is 2.25. The molecule has 0 aliphatic carbocycles. The lowest BCUT2D eigenvalue weighted by atomic mass is 10.0. The van der Waals surface area contributed by atoms with E-state index in [0.29, 0.717) is 0 Å². The van der Waals surface area contributed by atoms with Crippen LogP contribution >= 0.6 is 0 Å². The predicted molar refractivity (Wildman–Crippen MR) is 78.9 cm³/mol. The number of H-pyrrole nitrogens is 1. The van der Waals surface area contributed by atoms with Crippen LogP contribution in [0.3, 0.4) is 0 Å². The minimum Gasteiger partial charge on any atom is -0.496 e. The van der Waals surface area contributed by atoms with E-state index in [1.165, 1.54) is 11.1 Å². The molecule has 1 aromatic carbocycles. The number of rotatable bonds is 7. The smallest absolute Gasteiger partial charge is 0.122 e. The minimum absolute atomic E-state index is 0.143. The maximum Gasteiger partial charge on any atom is 0.122 e. The Bertz CT molecular complexity index is 525. The summed E-state index contributed by atoms with van der Waals surface area (Å²) in [5, 5.41) is 14.3. The first-order valence-electron chi connectivity index (χ1n) is 6.97. The summed E-state index contributed by atoms with van der Waals surface area (Å²) in [5.74, 6) is 0.919. The number of benzene rings is 1. The predicted octanol–water partition coefficient (Wildman–Crippen LogP) is 2.41. The van der Waals surface area contributed by atoms with Gasteiger partial charge in [0.2, 0.25) is 0 Å². The van der Waals surface area contributed by atoms with Gasteiger partial charge in [-0.15, -0.1) is 0 Å². The van der Waals surface area contributed by atoms with Crippen molar-refractivity contribution in [1.29, 1.82) is 0 Å². The van der Waals surface area contributed by atoms with Crippen molar-refractivity contribution in [3.63, 3.8) is 0 Å². The van der Waals surface area contributed by atoms with Crippen LogP contribution in [-0.2, 0) is 6.42 Å². The van der Waals surface area contributed by atoms with Gasteiger partial charge in [-0.1, -0.05) is 24.6 Å². The van der Waals surface area contributed by atoms with Gasteiger partial charge in [-0.05, 0) is 37.9 Å². The summed E-state index contributed by atoms with van der Waals surface area (Å²) in [6.45, 7) is 5.19. The highest BCUT2D eigenvalue weighted by atomic mass is 16.5. The molecule has 1 aromatic heterocycles. The maximum absolute atomic E-state index is 5.45. The van der Waals surface area contributed by atoms with Gasteiger partial charge in [0, 0.05) is 0 Å². The number of hydrogen-bond donors (Lipinski definition) is 2. The second-order valence-corrected chi connectivity index (χ2v) is 4.92. The first-order chi connectivity index (χ1) is 9.74. The molecule has 0 spiro atoms. The third-order valence-electron chi connectivity index (χ3n) is 3.29. The molecule has 1 atom stereocenters. The SMILES string of the molecule is CCCNC(Cc1cc(C)ccc1OC)c1cn[nH]n1. The Hall–Kier alpha value is -1.88. The van der Waals surface area contributed by atoms with E-state index in [0.717, 1.165) is 30.8 Å². The fourth-order valence-electron chi connectivity index (χ4n) is 2.27. The fourth-order valence-corrected chi connectivity index (χ4v) is 2.27. The van der Waals surface area contributed by atoms with E-state index in [-0.39, 0.29) is 6.04 Å². The van der Waals surface area contributed by atoms with Crippen molar-refractivity contribution in [2.75, 3.05) is 13.7 Å². The lowest BCUT2D eigenvalue weighted by Gasteiger charge is -2.18. The van der Waals surface area contributed by atoms with Crippen LogP contribution in [0.2, 0.25) is 0 Å². The maximum atomic E-state index is 5.45. The number of nitrogens with one attached hydrogen (secondary N) is 2. The number of methoxy groups -OCH3 is 1. The lowest BCUT2D eigenvalue weighted by molar-refractivity contribution is 0.404. The van der Waals surface area contributed by atoms with Crippen molar-refractivity contribution in [2.24, 2.45) is 0 Å². The van der Waals surface area contributed by atoms with Gasteiger partial charge < -0.3 is 10.1 Å². The second-order valence-electron chi connectivity index (χ2n) is 4.92.